The summed E-state index contributed by atoms with van der Waals surface area (Å²) in [4.78, 5) is 22.5. The minimum Gasteiger partial charge on any atom is -0.462 e. The average molecular weight is 242 g/mol. The molecular weight excluding hydrogens is 220 g/mol. The zero-order valence-electron chi connectivity index (χ0n) is 10.7. The molecule has 0 radical (unpaired) electrons. The van der Waals surface area contributed by atoms with Crippen molar-refractivity contribution in [3.05, 3.63) is 0 Å². The van der Waals surface area contributed by atoms with Gasteiger partial charge in [-0.15, -0.1) is 0 Å². The molecular formula is C13H22O4. The van der Waals surface area contributed by atoms with Gasteiger partial charge in [-0.2, -0.15) is 0 Å². The van der Waals surface area contributed by atoms with Gasteiger partial charge in [-0.25, -0.2) is 0 Å². The molecule has 0 amide bonds. The van der Waals surface area contributed by atoms with Crippen LogP contribution in [-0.4, -0.2) is 28.6 Å². The fourth-order valence-electron chi connectivity index (χ4n) is 1.91. The van der Waals surface area contributed by atoms with Gasteiger partial charge in [0.05, 0.1) is 0 Å². The van der Waals surface area contributed by atoms with Crippen LogP contribution in [-0.2, 0) is 14.3 Å². The second kappa shape index (κ2) is 6.15. The molecule has 0 aromatic heterocycles. The van der Waals surface area contributed by atoms with Crippen LogP contribution >= 0.6 is 0 Å². The lowest BCUT2D eigenvalue weighted by Crippen LogP contribution is -2.33. The summed E-state index contributed by atoms with van der Waals surface area (Å²) in [7, 11) is 0. The van der Waals surface area contributed by atoms with E-state index in [1.807, 2.05) is 0 Å². The molecule has 1 aliphatic heterocycles. The number of ether oxygens (including phenoxy) is 1. The summed E-state index contributed by atoms with van der Waals surface area (Å²) in [6.07, 6.45) is 4.67. The maximum atomic E-state index is 11.6. The molecule has 1 aliphatic rings. The van der Waals surface area contributed by atoms with E-state index in [1.54, 1.807) is 13.8 Å². The number of unbranched alkanes of at least 4 members (excludes halogenated alkanes) is 1. The minimum absolute atomic E-state index is 0.0456. The fourth-order valence-corrected chi connectivity index (χ4v) is 1.91. The van der Waals surface area contributed by atoms with E-state index >= 15 is 0 Å². The van der Waals surface area contributed by atoms with Gasteiger partial charge < -0.3 is 9.84 Å². The number of cyclic esters (lactones) is 1. The molecule has 1 rings (SSSR count). The third-order valence-electron chi connectivity index (χ3n) is 3.44. The first-order chi connectivity index (χ1) is 7.95. The Morgan fingerprint density at radius 1 is 1.53 bits per heavy atom. The van der Waals surface area contributed by atoms with Crippen molar-refractivity contribution in [2.24, 2.45) is 0 Å². The first-order valence-electron chi connectivity index (χ1n) is 6.41. The van der Waals surface area contributed by atoms with Crippen LogP contribution in [0, 0.1) is 0 Å². The molecule has 0 bridgehead atoms. The third-order valence-corrected chi connectivity index (χ3v) is 3.44. The number of rotatable bonds is 7. The van der Waals surface area contributed by atoms with Gasteiger partial charge in [0.15, 0.2) is 5.78 Å². The molecule has 0 aromatic rings. The summed E-state index contributed by atoms with van der Waals surface area (Å²) in [5.74, 6) is -0.205. The van der Waals surface area contributed by atoms with Crippen molar-refractivity contribution in [1.29, 1.82) is 0 Å². The molecule has 1 saturated heterocycles. The lowest BCUT2D eigenvalue weighted by Gasteiger charge is -2.19. The molecule has 2 atom stereocenters. The second-order valence-electron chi connectivity index (χ2n) is 4.95. The molecule has 0 aromatic carbocycles. The monoisotopic (exact) mass is 242 g/mol. The van der Waals surface area contributed by atoms with E-state index in [-0.39, 0.29) is 17.9 Å². The largest absolute Gasteiger partial charge is 0.462 e. The smallest absolute Gasteiger partial charge is 0.306 e. The number of aliphatic hydroxyl groups is 1. The Labute approximate surface area is 102 Å². The number of hydrogen-bond donors (Lipinski definition) is 1. The lowest BCUT2D eigenvalue weighted by atomic mass is 9.93. The molecule has 17 heavy (non-hydrogen) atoms. The Bertz CT molecular complexity index is 283. The van der Waals surface area contributed by atoms with Crippen molar-refractivity contribution in [1.82, 2.24) is 0 Å². The molecule has 4 nitrogen and oxygen atoms in total. The van der Waals surface area contributed by atoms with E-state index in [0.29, 0.717) is 19.3 Å². The second-order valence-corrected chi connectivity index (χ2v) is 4.95. The predicted octanol–water partition coefficient (Wildman–Crippen LogP) is 1.98. The van der Waals surface area contributed by atoms with Crippen LogP contribution in [0.4, 0.5) is 0 Å². The average Bonchev–Trinajstić information content (AvgIpc) is 2.70. The summed E-state index contributed by atoms with van der Waals surface area (Å²) in [5, 5.41) is 9.72. The molecule has 98 valence electrons. The normalized spacial score (nSPS) is 23.2. The van der Waals surface area contributed by atoms with Crippen molar-refractivity contribution >= 4 is 11.8 Å². The van der Waals surface area contributed by atoms with Crippen LogP contribution in [0.3, 0.4) is 0 Å². The molecule has 0 saturated carbocycles. The van der Waals surface area contributed by atoms with E-state index < -0.39 is 5.60 Å². The number of carbonyl (C=O) groups excluding carboxylic acids is 2. The van der Waals surface area contributed by atoms with Crippen LogP contribution in [0.15, 0.2) is 0 Å². The lowest BCUT2D eigenvalue weighted by molar-refractivity contribution is -0.141. The summed E-state index contributed by atoms with van der Waals surface area (Å²) >= 11 is 0. The third kappa shape index (κ3) is 4.46. The minimum atomic E-state index is -1.18. The Morgan fingerprint density at radius 2 is 2.24 bits per heavy atom. The number of Topliss-reactive ketones (excluding diaryl/α,β-unsaturated/α-hetero) is 1. The van der Waals surface area contributed by atoms with E-state index in [0.717, 1.165) is 25.7 Å². The summed E-state index contributed by atoms with van der Waals surface area (Å²) in [6, 6.07) is 0. The Balaban J connectivity index is 2.12. The van der Waals surface area contributed by atoms with Crippen LogP contribution < -0.4 is 0 Å². The zero-order valence-corrected chi connectivity index (χ0v) is 10.7. The standard InChI is InChI=1S/C13H22O4/c1-3-13(2,16)11(14)7-5-4-6-10-8-9-12(15)17-10/h10,16H,3-9H2,1-2H3/t10-,13+/m0/s1. The molecule has 0 unspecified atom stereocenters. The van der Waals surface area contributed by atoms with Crippen LogP contribution in [0.5, 0.6) is 0 Å². The first kappa shape index (κ1) is 14.2. The topological polar surface area (TPSA) is 63.6 Å². The Morgan fingerprint density at radius 3 is 2.76 bits per heavy atom. The van der Waals surface area contributed by atoms with E-state index in [9.17, 15) is 14.7 Å². The number of hydrogen-bond acceptors (Lipinski definition) is 4. The highest BCUT2D eigenvalue weighted by molar-refractivity contribution is 5.86. The highest BCUT2D eigenvalue weighted by Gasteiger charge is 2.27. The zero-order chi connectivity index (χ0) is 12.9. The van der Waals surface area contributed by atoms with Crippen LogP contribution in [0.1, 0.15) is 58.8 Å². The van der Waals surface area contributed by atoms with Gasteiger partial charge in [0.1, 0.15) is 11.7 Å². The van der Waals surface area contributed by atoms with Crippen molar-refractivity contribution in [2.45, 2.75) is 70.5 Å². The maximum Gasteiger partial charge on any atom is 0.306 e. The van der Waals surface area contributed by atoms with Gasteiger partial charge in [0.2, 0.25) is 0 Å². The quantitative estimate of drug-likeness (QED) is 0.547. The maximum absolute atomic E-state index is 11.6. The first-order valence-corrected chi connectivity index (χ1v) is 6.41. The van der Waals surface area contributed by atoms with Crippen molar-refractivity contribution in [3.8, 4) is 0 Å². The predicted molar refractivity (Wildman–Crippen MR) is 63.5 cm³/mol. The number of carbonyl (C=O) groups is 2. The van der Waals surface area contributed by atoms with Gasteiger partial charge in [0.25, 0.3) is 0 Å². The molecule has 0 spiro atoms. The SMILES string of the molecule is CC[C@@](C)(O)C(=O)CCCC[C@H]1CCC(=O)O1. The van der Waals surface area contributed by atoms with E-state index in [4.69, 9.17) is 4.74 Å². The number of esters is 1. The van der Waals surface area contributed by atoms with Crippen LogP contribution in [0.25, 0.3) is 0 Å². The Kier molecular flexibility index (Phi) is 5.12. The van der Waals surface area contributed by atoms with E-state index in [1.165, 1.54) is 0 Å². The highest BCUT2D eigenvalue weighted by Crippen LogP contribution is 2.20. The van der Waals surface area contributed by atoms with E-state index in [2.05, 4.69) is 0 Å². The van der Waals surface area contributed by atoms with Crippen molar-refractivity contribution in [3.63, 3.8) is 0 Å². The highest BCUT2D eigenvalue weighted by atomic mass is 16.5. The van der Waals surface area contributed by atoms with Crippen molar-refractivity contribution in [2.75, 3.05) is 0 Å². The Hall–Kier alpha value is -0.900. The molecule has 1 heterocycles. The summed E-state index contributed by atoms with van der Waals surface area (Å²) in [6.45, 7) is 3.37. The van der Waals surface area contributed by atoms with Gasteiger partial charge in [-0.3, -0.25) is 9.59 Å². The molecule has 1 N–H and O–H groups in total. The fraction of sp³-hybridized carbons (Fsp3) is 0.846. The van der Waals surface area contributed by atoms with Gasteiger partial charge in [0, 0.05) is 12.8 Å². The van der Waals surface area contributed by atoms with Gasteiger partial charge in [-0.05, 0) is 39.0 Å². The molecule has 0 aliphatic carbocycles. The molecule has 4 heteroatoms. The summed E-state index contributed by atoms with van der Waals surface area (Å²) < 4.78 is 5.08. The number of ketones is 1. The summed E-state index contributed by atoms with van der Waals surface area (Å²) in [5.41, 5.74) is -1.18. The van der Waals surface area contributed by atoms with Crippen molar-refractivity contribution < 1.29 is 19.4 Å². The molecule has 1 fully saturated rings. The van der Waals surface area contributed by atoms with Crippen LogP contribution in [0.2, 0.25) is 0 Å². The van der Waals surface area contributed by atoms with Gasteiger partial charge in [-0.1, -0.05) is 6.92 Å². The van der Waals surface area contributed by atoms with Gasteiger partial charge >= 0.3 is 5.97 Å².